The first-order valence-electron chi connectivity index (χ1n) is 6.92. The van der Waals surface area contributed by atoms with Gasteiger partial charge in [-0.2, -0.15) is 0 Å². The van der Waals surface area contributed by atoms with E-state index in [1.54, 1.807) is 24.3 Å². The molecule has 0 radical (unpaired) electrons. The molecule has 0 spiro atoms. The number of β-amino-alcohol motifs (C(OH)–C–C–N with tert-alkyl or cyclic N) is 1. The first kappa shape index (κ1) is 16.4. The van der Waals surface area contributed by atoms with Crippen LogP contribution in [-0.4, -0.2) is 70.1 Å². The molecule has 0 saturated carbocycles. The maximum atomic E-state index is 12.1. The van der Waals surface area contributed by atoms with Gasteiger partial charge in [0, 0.05) is 6.42 Å². The molecule has 0 unspecified atom stereocenters. The lowest BCUT2D eigenvalue weighted by atomic mass is 9.96. The van der Waals surface area contributed by atoms with Crippen molar-refractivity contribution in [2.75, 3.05) is 13.7 Å². The average molecular weight is 309 g/mol. The van der Waals surface area contributed by atoms with Crippen molar-refractivity contribution < 1.29 is 29.6 Å². The number of hydrogen-bond acceptors (Lipinski definition) is 6. The number of hydrogen-bond donors (Lipinski definition) is 3. The predicted molar refractivity (Wildman–Crippen MR) is 75.7 cm³/mol. The molecule has 1 heterocycles. The first-order valence-corrected chi connectivity index (χ1v) is 6.92. The van der Waals surface area contributed by atoms with Gasteiger partial charge in [-0.15, -0.1) is 0 Å². The summed E-state index contributed by atoms with van der Waals surface area (Å²) in [6.45, 7) is -0.246. The van der Waals surface area contributed by atoms with E-state index < -0.39 is 36.2 Å². The molecule has 4 atom stereocenters. The molecule has 1 amide bonds. The summed E-state index contributed by atoms with van der Waals surface area (Å²) in [5.74, 6) is -1.45. The van der Waals surface area contributed by atoms with Gasteiger partial charge in [-0.1, -0.05) is 30.3 Å². The minimum Gasteiger partial charge on any atom is -0.467 e. The van der Waals surface area contributed by atoms with Gasteiger partial charge in [-0.3, -0.25) is 4.79 Å². The van der Waals surface area contributed by atoms with Crippen LogP contribution in [0.1, 0.15) is 5.56 Å². The summed E-state index contributed by atoms with van der Waals surface area (Å²) >= 11 is 0. The fourth-order valence-electron chi connectivity index (χ4n) is 2.50. The third-order valence-electron chi connectivity index (χ3n) is 3.76. The normalized spacial score (nSPS) is 26.6. The van der Waals surface area contributed by atoms with Gasteiger partial charge in [-0.05, 0) is 5.56 Å². The molecule has 1 aromatic carbocycles. The van der Waals surface area contributed by atoms with Crippen molar-refractivity contribution in [3.8, 4) is 0 Å². The van der Waals surface area contributed by atoms with E-state index in [2.05, 4.69) is 0 Å². The average Bonchev–Trinajstić information content (AvgIpc) is 2.54. The topological polar surface area (TPSA) is 107 Å². The maximum Gasteiger partial charge on any atom is 0.328 e. The summed E-state index contributed by atoms with van der Waals surface area (Å²) in [5, 5.41) is 29.0. The summed E-state index contributed by atoms with van der Waals surface area (Å²) < 4.78 is 4.72. The number of nitrogens with zero attached hydrogens (tertiary/aromatic N) is 1. The van der Waals surface area contributed by atoms with Crippen LogP contribution >= 0.6 is 0 Å². The van der Waals surface area contributed by atoms with Gasteiger partial charge in [0.05, 0.1) is 13.7 Å². The van der Waals surface area contributed by atoms with E-state index >= 15 is 0 Å². The van der Waals surface area contributed by atoms with Crippen LogP contribution in [0, 0.1) is 0 Å². The Labute approximate surface area is 127 Å². The lowest BCUT2D eigenvalue weighted by Gasteiger charge is -2.39. The molecule has 0 aliphatic carbocycles. The van der Waals surface area contributed by atoms with Gasteiger partial charge < -0.3 is 25.0 Å². The number of likely N-dealkylation sites (tertiary alicyclic amines) is 1. The zero-order valence-electron chi connectivity index (χ0n) is 12.1. The van der Waals surface area contributed by atoms with E-state index in [0.29, 0.717) is 0 Å². The smallest absolute Gasteiger partial charge is 0.328 e. The summed E-state index contributed by atoms with van der Waals surface area (Å²) in [6.07, 6.45) is -4.45. The van der Waals surface area contributed by atoms with Gasteiger partial charge >= 0.3 is 5.97 Å². The number of esters is 1. The molecular formula is C15H19NO6. The second-order valence-corrected chi connectivity index (χ2v) is 5.22. The second-order valence-electron chi connectivity index (χ2n) is 5.22. The highest BCUT2D eigenvalue weighted by atomic mass is 16.5. The van der Waals surface area contributed by atoms with Crippen molar-refractivity contribution in [2.24, 2.45) is 0 Å². The Kier molecular flexibility index (Phi) is 5.12. The van der Waals surface area contributed by atoms with E-state index in [1.165, 1.54) is 7.11 Å². The number of carbonyl (C=O) groups excluding carboxylic acids is 2. The molecular weight excluding hydrogens is 290 g/mol. The molecule has 1 aliphatic rings. The van der Waals surface area contributed by atoms with E-state index in [-0.39, 0.29) is 13.0 Å². The Morgan fingerprint density at radius 3 is 2.55 bits per heavy atom. The van der Waals surface area contributed by atoms with E-state index in [4.69, 9.17) is 4.74 Å². The zero-order chi connectivity index (χ0) is 16.3. The Balaban J connectivity index is 2.25. The number of benzene rings is 1. The highest BCUT2D eigenvalue weighted by molar-refractivity contribution is 5.88. The number of piperidine rings is 1. The summed E-state index contributed by atoms with van der Waals surface area (Å²) in [4.78, 5) is 25.2. The zero-order valence-corrected chi connectivity index (χ0v) is 12.1. The van der Waals surface area contributed by atoms with E-state index in [0.717, 1.165) is 10.5 Å². The van der Waals surface area contributed by atoms with Crippen LogP contribution in [0.15, 0.2) is 30.3 Å². The van der Waals surface area contributed by atoms with E-state index in [9.17, 15) is 24.9 Å². The van der Waals surface area contributed by atoms with Crippen molar-refractivity contribution in [3.05, 3.63) is 35.9 Å². The standard InChI is InChI=1S/C15H19NO6/c1-22-15(21)10(7-9-5-3-2-4-6-9)16-8-11(17)12(18)13(19)14(16)20/h2-6,10-13,17-19H,7-8H2,1H3/t10-,11+,12+,13+/m0/s1. The molecule has 3 N–H and O–H groups in total. The lowest BCUT2D eigenvalue weighted by Crippen LogP contribution is -2.63. The lowest BCUT2D eigenvalue weighted by molar-refractivity contribution is -0.175. The Hall–Kier alpha value is -1.96. The minimum absolute atomic E-state index is 0.189. The van der Waals surface area contributed by atoms with Crippen LogP contribution in [0.5, 0.6) is 0 Å². The molecule has 0 bridgehead atoms. The van der Waals surface area contributed by atoms with Crippen molar-refractivity contribution in [3.63, 3.8) is 0 Å². The van der Waals surface area contributed by atoms with Crippen LogP contribution in [0.2, 0.25) is 0 Å². The fraction of sp³-hybridized carbons (Fsp3) is 0.467. The van der Waals surface area contributed by atoms with Crippen LogP contribution in [-0.2, 0) is 20.7 Å². The molecule has 1 saturated heterocycles. The third kappa shape index (κ3) is 3.27. The van der Waals surface area contributed by atoms with Gasteiger partial charge in [0.15, 0.2) is 6.10 Å². The highest BCUT2D eigenvalue weighted by Crippen LogP contribution is 2.19. The van der Waals surface area contributed by atoms with Gasteiger partial charge in [0.2, 0.25) is 0 Å². The summed E-state index contributed by atoms with van der Waals surface area (Å²) in [7, 11) is 1.20. The van der Waals surface area contributed by atoms with Gasteiger partial charge in [0.1, 0.15) is 18.2 Å². The predicted octanol–water partition coefficient (Wildman–Crippen LogP) is -1.30. The maximum absolute atomic E-state index is 12.1. The molecule has 0 aromatic heterocycles. The Morgan fingerprint density at radius 2 is 1.95 bits per heavy atom. The number of rotatable bonds is 4. The molecule has 1 fully saturated rings. The van der Waals surface area contributed by atoms with Gasteiger partial charge in [-0.25, -0.2) is 4.79 Å². The Morgan fingerprint density at radius 1 is 1.32 bits per heavy atom. The first-order chi connectivity index (χ1) is 10.5. The SMILES string of the molecule is COC(=O)[C@H](Cc1ccccc1)N1C[C@@H](O)[C@@H](O)[C@@H](O)C1=O. The van der Waals surface area contributed by atoms with Crippen molar-refractivity contribution in [1.82, 2.24) is 4.90 Å². The number of carbonyl (C=O) groups is 2. The second kappa shape index (κ2) is 6.87. The molecule has 1 aromatic rings. The molecule has 1 aliphatic heterocycles. The number of methoxy groups -OCH3 is 1. The fourth-order valence-corrected chi connectivity index (χ4v) is 2.50. The molecule has 7 nitrogen and oxygen atoms in total. The van der Waals surface area contributed by atoms with Crippen molar-refractivity contribution in [1.29, 1.82) is 0 Å². The van der Waals surface area contributed by atoms with Crippen LogP contribution in [0.3, 0.4) is 0 Å². The molecule has 7 heteroatoms. The monoisotopic (exact) mass is 309 g/mol. The number of amides is 1. The van der Waals surface area contributed by atoms with E-state index in [1.807, 2.05) is 6.07 Å². The Bertz CT molecular complexity index is 534. The number of aliphatic hydroxyl groups is 3. The van der Waals surface area contributed by atoms with Crippen LogP contribution < -0.4 is 0 Å². The molecule has 120 valence electrons. The number of ether oxygens (including phenoxy) is 1. The highest BCUT2D eigenvalue weighted by Gasteiger charge is 2.44. The minimum atomic E-state index is -1.76. The molecule has 22 heavy (non-hydrogen) atoms. The molecule has 2 rings (SSSR count). The third-order valence-corrected chi connectivity index (χ3v) is 3.76. The number of aliphatic hydroxyl groups excluding tert-OH is 3. The van der Waals surface area contributed by atoms with Crippen LogP contribution in [0.4, 0.5) is 0 Å². The largest absolute Gasteiger partial charge is 0.467 e. The van der Waals surface area contributed by atoms with Crippen molar-refractivity contribution >= 4 is 11.9 Å². The summed E-state index contributed by atoms with van der Waals surface area (Å²) in [5.41, 5.74) is 0.806. The van der Waals surface area contributed by atoms with Gasteiger partial charge in [0.25, 0.3) is 5.91 Å². The summed E-state index contributed by atoms with van der Waals surface area (Å²) in [6, 6.07) is 8.05. The quantitative estimate of drug-likeness (QED) is 0.597. The van der Waals surface area contributed by atoms with Crippen molar-refractivity contribution in [2.45, 2.75) is 30.8 Å². The van der Waals surface area contributed by atoms with Crippen LogP contribution in [0.25, 0.3) is 0 Å².